The lowest BCUT2D eigenvalue weighted by Gasteiger charge is -2.19. The van der Waals surface area contributed by atoms with Crippen molar-refractivity contribution in [3.05, 3.63) is 35.8 Å². The highest BCUT2D eigenvalue weighted by Gasteiger charge is 2.42. The van der Waals surface area contributed by atoms with E-state index < -0.39 is 11.4 Å². The number of aliphatic carboxylic acids is 1. The van der Waals surface area contributed by atoms with Gasteiger partial charge in [-0.3, -0.25) is 9.59 Å². The topological polar surface area (TPSA) is 73.4 Å². The molecule has 1 aromatic carbocycles. The van der Waals surface area contributed by atoms with Gasteiger partial charge >= 0.3 is 5.97 Å². The summed E-state index contributed by atoms with van der Waals surface area (Å²) in [4.78, 5) is 28.0. The maximum atomic E-state index is 13.6. The Kier molecular flexibility index (Phi) is 2.97. The van der Waals surface area contributed by atoms with Crippen LogP contribution >= 0.6 is 0 Å². The minimum Gasteiger partial charge on any atom is -0.481 e. The number of carbonyl (C=O) groups is 2. The van der Waals surface area contributed by atoms with E-state index in [-0.39, 0.29) is 24.0 Å². The summed E-state index contributed by atoms with van der Waals surface area (Å²) < 4.78 is 13.6. The normalized spacial score (nSPS) is 21.9. The van der Waals surface area contributed by atoms with E-state index in [1.54, 1.807) is 19.1 Å². The number of carbonyl (C=O) groups excluding carboxylic acids is 1. The molecule has 3 rings (SSSR count). The molecule has 2 N–H and O–H groups in total. The average molecular weight is 290 g/mol. The first kappa shape index (κ1) is 13.6. The van der Waals surface area contributed by atoms with Crippen molar-refractivity contribution in [2.45, 2.75) is 13.3 Å². The molecular weight excluding hydrogens is 275 g/mol. The number of carboxylic acids is 1. The Morgan fingerprint density at radius 1 is 1.43 bits per heavy atom. The molecule has 1 amide bonds. The van der Waals surface area contributed by atoms with Crippen LogP contribution in [-0.2, 0) is 4.79 Å². The van der Waals surface area contributed by atoms with E-state index in [9.17, 15) is 19.1 Å². The number of hydrogen-bond acceptors (Lipinski definition) is 2. The molecule has 0 unspecified atom stereocenters. The Balaban J connectivity index is 1.88. The number of rotatable bonds is 2. The second-order valence-corrected chi connectivity index (χ2v) is 5.73. The number of nitrogens with zero attached hydrogens (tertiary/aromatic N) is 1. The second kappa shape index (κ2) is 4.58. The van der Waals surface area contributed by atoms with Crippen LogP contribution in [0.1, 0.15) is 23.8 Å². The number of aromatic nitrogens is 1. The van der Waals surface area contributed by atoms with Gasteiger partial charge in [0.05, 0.1) is 5.41 Å². The first-order chi connectivity index (χ1) is 9.90. The van der Waals surface area contributed by atoms with Crippen molar-refractivity contribution in [2.24, 2.45) is 5.41 Å². The summed E-state index contributed by atoms with van der Waals surface area (Å²) in [7, 11) is 0. The molecule has 5 nitrogen and oxygen atoms in total. The van der Waals surface area contributed by atoms with Crippen molar-refractivity contribution >= 4 is 22.8 Å². The highest BCUT2D eigenvalue weighted by atomic mass is 19.1. The Labute approximate surface area is 120 Å². The van der Waals surface area contributed by atoms with Crippen LogP contribution in [0.3, 0.4) is 0 Å². The molecule has 0 aliphatic carbocycles. The van der Waals surface area contributed by atoms with Crippen molar-refractivity contribution < 1.29 is 19.1 Å². The monoisotopic (exact) mass is 290 g/mol. The Bertz CT molecular complexity index is 740. The van der Waals surface area contributed by atoms with Gasteiger partial charge < -0.3 is 15.0 Å². The van der Waals surface area contributed by atoms with Crippen molar-refractivity contribution in [1.29, 1.82) is 0 Å². The number of nitrogens with one attached hydrogen (secondary N) is 1. The van der Waals surface area contributed by atoms with Crippen LogP contribution in [0.5, 0.6) is 0 Å². The number of halogens is 1. The predicted molar refractivity (Wildman–Crippen MR) is 74.5 cm³/mol. The van der Waals surface area contributed by atoms with Gasteiger partial charge in [-0.15, -0.1) is 0 Å². The lowest BCUT2D eigenvalue weighted by atomic mass is 9.90. The van der Waals surface area contributed by atoms with E-state index in [1.165, 1.54) is 17.0 Å². The van der Waals surface area contributed by atoms with Gasteiger partial charge in [-0.1, -0.05) is 6.07 Å². The van der Waals surface area contributed by atoms with Gasteiger partial charge in [-0.2, -0.15) is 0 Å². The van der Waals surface area contributed by atoms with Crippen LogP contribution in [0.4, 0.5) is 4.39 Å². The molecule has 6 heteroatoms. The van der Waals surface area contributed by atoms with Gasteiger partial charge in [0.25, 0.3) is 5.91 Å². The number of H-pyrrole nitrogens is 1. The molecule has 21 heavy (non-hydrogen) atoms. The predicted octanol–water partition coefficient (Wildman–Crippen LogP) is 2.24. The molecule has 0 radical (unpaired) electrons. The summed E-state index contributed by atoms with van der Waals surface area (Å²) in [6, 6.07) is 6.07. The van der Waals surface area contributed by atoms with Gasteiger partial charge in [0.2, 0.25) is 0 Å². The minimum absolute atomic E-state index is 0.166. The van der Waals surface area contributed by atoms with Crippen LogP contribution in [0.15, 0.2) is 24.3 Å². The molecule has 0 spiro atoms. The maximum Gasteiger partial charge on any atom is 0.311 e. The molecule has 1 aromatic heterocycles. The van der Waals surface area contributed by atoms with E-state index in [1.807, 2.05) is 0 Å². The standard InChI is InChI=1S/C15H15FN2O3/c1-15(14(20)21)5-6-18(8-15)13(19)12-7-9-10(16)3-2-4-11(9)17-12/h2-4,7,17H,5-6,8H2,1H3,(H,20,21)/t15-/m0/s1. The zero-order valence-electron chi connectivity index (χ0n) is 11.5. The SMILES string of the molecule is C[C@]1(C(=O)O)CCN(C(=O)c2cc3c(F)cccc3[nH]2)C1. The number of fused-ring (bicyclic) bond motifs is 1. The fraction of sp³-hybridized carbons (Fsp3) is 0.333. The van der Waals surface area contributed by atoms with E-state index in [4.69, 9.17) is 0 Å². The third-order valence-corrected chi connectivity index (χ3v) is 4.12. The van der Waals surface area contributed by atoms with Crippen LogP contribution < -0.4 is 0 Å². The van der Waals surface area contributed by atoms with Crippen molar-refractivity contribution in [3.8, 4) is 0 Å². The molecule has 2 heterocycles. The Hall–Kier alpha value is -2.37. The van der Waals surface area contributed by atoms with E-state index >= 15 is 0 Å². The molecule has 1 aliphatic rings. The molecule has 1 fully saturated rings. The third-order valence-electron chi connectivity index (χ3n) is 4.12. The van der Waals surface area contributed by atoms with Crippen LogP contribution in [0.2, 0.25) is 0 Å². The zero-order chi connectivity index (χ0) is 15.2. The largest absolute Gasteiger partial charge is 0.481 e. The number of hydrogen-bond donors (Lipinski definition) is 2. The zero-order valence-corrected chi connectivity index (χ0v) is 11.5. The van der Waals surface area contributed by atoms with Gasteiger partial charge in [-0.25, -0.2) is 4.39 Å². The van der Waals surface area contributed by atoms with E-state index in [2.05, 4.69) is 4.98 Å². The quantitative estimate of drug-likeness (QED) is 0.891. The summed E-state index contributed by atoms with van der Waals surface area (Å²) in [6.07, 6.45) is 0.419. The average Bonchev–Trinajstić information content (AvgIpc) is 3.03. The number of amides is 1. The molecular formula is C15H15FN2O3. The molecule has 1 atom stereocenters. The second-order valence-electron chi connectivity index (χ2n) is 5.73. The number of carboxylic acid groups (broad SMARTS) is 1. The number of likely N-dealkylation sites (tertiary alicyclic amines) is 1. The van der Waals surface area contributed by atoms with Crippen LogP contribution in [0.25, 0.3) is 10.9 Å². The summed E-state index contributed by atoms with van der Waals surface area (Å²) in [5.41, 5.74) is -0.0734. The molecule has 0 saturated carbocycles. The molecule has 1 aliphatic heterocycles. The van der Waals surface area contributed by atoms with Gasteiger partial charge in [-0.05, 0) is 31.5 Å². The summed E-state index contributed by atoms with van der Waals surface area (Å²) >= 11 is 0. The third kappa shape index (κ3) is 2.16. The highest BCUT2D eigenvalue weighted by Crippen LogP contribution is 2.31. The van der Waals surface area contributed by atoms with Crippen LogP contribution in [0, 0.1) is 11.2 Å². The molecule has 1 saturated heterocycles. The van der Waals surface area contributed by atoms with Crippen LogP contribution in [-0.4, -0.2) is 40.0 Å². The van der Waals surface area contributed by atoms with E-state index in [0.717, 1.165) is 0 Å². The van der Waals surface area contributed by atoms with Gasteiger partial charge in [0, 0.05) is 24.0 Å². The summed E-state index contributed by atoms with van der Waals surface area (Å²) in [5, 5.41) is 9.56. The summed E-state index contributed by atoms with van der Waals surface area (Å²) in [6.45, 7) is 2.19. The lowest BCUT2D eigenvalue weighted by molar-refractivity contribution is -0.147. The number of aromatic amines is 1. The Morgan fingerprint density at radius 2 is 2.19 bits per heavy atom. The highest BCUT2D eigenvalue weighted by molar-refractivity contribution is 5.98. The van der Waals surface area contributed by atoms with Crippen molar-refractivity contribution in [2.75, 3.05) is 13.1 Å². The van der Waals surface area contributed by atoms with Gasteiger partial charge in [0.1, 0.15) is 11.5 Å². The van der Waals surface area contributed by atoms with Crippen molar-refractivity contribution in [1.82, 2.24) is 9.88 Å². The number of benzene rings is 1. The minimum atomic E-state index is -0.910. The lowest BCUT2D eigenvalue weighted by Crippen LogP contribution is -2.35. The smallest absolute Gasteiger partial charge is 0.311 e. The molecule has 0 bridgehead atoms. The molecule has 2 aromatic rings. The van der Waals surface area contributed by atoms with Crippen molar-refractivity contribution in [3.63, 3.8) is 0 Å². The Morgan fingerprint density at radius 3 is 2.81 bits per heavy atom. The fourth-order valence-corrected chi connectivity index (χ4v) is 2.71. The summed E-state index contributed by atoms with van der Waals surface area (Å²) in [5.74, 6) is -1.59. The van der Waals surface area contributed by atoms with Gasteiger partial charge in [0.15, 0.2) is 0 Å². The first-order valence-corrected chi connectivity index (χ1v) is 6.71. The van der Waals surface area contributed by atoms with E-state index in [0.29, 0.717) is 23.9 Å². The fourth-order valence-electron chi connectivity index (χ4n) is 2.71. The molecule has 110 valence electrons. The first-order valence-electron chi connectivity index (χ1n) is 6.71. The maximum absolute atomic E-state index is 13.6.